The van der Waals surface area contributed by atoms with E-state index in [1.165, 1.54) is 0 Å². The minimum absolute atomic E-state index is 0.0649. The molecule has 0 aromatic carbocycles. The molecule has 1 atom stereocenters. The van der Waals surface area contributed by atoms with Gasteiger partial charge in [0.25, 0.3) is 0 Å². The van der Waals surface area contributed by atoms with Crippen LogP contribution in [0, 0.1) is 6.92 Å². The molecule has 3 nitrogen and oxygen atoms in total. The average Bonchev–Trinajstić information content (AvgIpc) is 2.07. The summed E-state index contributed by atoms with van der Waals surface area (Å²) in [7, 11) is 0. The number of hydrogen-bond acceptors (Lipinski definition) is 3. The van der Waals surface area contributed by atoms with Gasteiger partial charge in [-0.1, -0.05) is 12.1 Å². The van der Waals surface area contributed by atoms with E-state index in [0.29, 0.717) is 0 Å². The maximum absolute atomic E-state index is 5.30. The molecule has 12 heavy (non-hydrogen) atoms. The van der Waals surface area contributed by atoms with Gasteiger partial charge in [0.2, 0.25) is 0 Å². The second-order valence-corrected chi connectivity index (χ2v) is 2.58. The van der Waals surface area contributed by atoms with Crippen molar-refractivity contribution < 1.29 is 0 Å². The number of nitrogens with two attached hydrogens (primary N) is 1. The van der Waals surface area contributed by atoms with E-state index in [1.807, 2.05) is 25.1 Å². The van der Waals surface area contributed by atoms with Gasteiger partial charge in [-0.2, -0.15) is 0 Å². The Hall–Kier alpha value is -1.19. The molecular weight excluding hydrogens is 150 g/mol. The molecular formula is C9H13N3. The first-order valence-electron chi connectivity index (χ1n) is 3.80. The van der Waals surface area contributed by atoms with Crippen molar-refractivity contribution in [1.82, 2.24) is 10.4 Å². The van der Waals surface area contributed by atoms with Gasteiger partial charge in [0.05, 0.1) is 11.7 Å². The second-order valence-electron chi connectivity index (χ2n) is 2.58. The molecule has 0 bridgehead atoms. The predicted molar refractivity (Wildman–Crippen MR) is 49.2 cm³/mol. The summed E-state index contributed by atoms with van der Waals surface area (Å²) in [6.07, 6.45) is 1.72. The first-order valence-corrected chi connectivity index (χ1v) is 3.80. The number of pyridine rings is 1. The van der Waals surface area contributed by atoms with E-state index in [4.69, 9.17) is 5.84 Å². The summed E-state index contributed by atoms with van der Waals surface area (Å²) in [5, 5.41) is 0. The summed E-state index contributed by atoms with van der Waals surface area (Å²) < 4.78 is 0. The fourth-order valence-corrected chi connectivity index (χ4v) is 1.01. The summed E-state index contributed by atoms with van der Waals surface area (Å²) in [6.45, 7) is 5.60. The fourth-order valence-electron chi connectivity index (χ4n) is 1.01. The molecule has 0 spiro atoms. The van der Waals surface area contributed by atoms with Gasteiger partial charge in [-0.15, -0.1) is 6.58 Å². The van der Waals surface area contributed by atoms with Crippen LogP contribution in [0.2, 0.25) is 0 Å². The molecule has 1 aromatic heterocycles. The van der Waals surface area contributed by atoms with E-state index in [9.17, 15) is 0 Å². The van der Waals surface area contributed by atoms with E-state index in [2.05, 4.69) is 17.0 Å². The number of aromatic nitrogens is 1. The molecule has 1 aromatic rings. The molecule has 0 amide bonds. The summed E-state index contributed by atoms with van der Waals surface area (Å²) in [6, 6.07) is 5.75. The van der Waals surface area contributed by atoms with Crippen molar-refractivity contribution in [2.75, 3.05) is 0 Å². The highest BCUT2D eigenvalue weighted by atomic mass is 15.2. The van der Waals surface area contributed by atoms with Crippen LogP contribution in [0.1, 0.15) is 17.4 Å². The topological polar surface area (TPSA) is 50.9 Å². The number of rotatable bonds is 3. The first-order chi connectivity index (χ1) is 5.77. The minimum Gasteiger partial charge on any atom is -0.271 e. The zero-order valence-corrected chi connectivity index (χ0v) is 7.12. The van der Waals surface area contributed by atoms with E-state index < -0.39 is 0 Å². The molecule has 0 saturated heterocycles. The molecule has 1 rings (SSSR count). The van der Waals surface area contributed by atoms with Crippen molar-refractivity contribution in [3.8, 4) is 0 Å². The lowest BCUT2D eigenvalue weighted by atomic mass is 10.2. The van der Waals surface area contributed by atoms with Crippen LogP contribution in [0.4, 0.5) is 0 Å². The highest BCUT2D eigenvalue weighted by Gasteiger charge is 2.04. The maximum Gasteiger partial charge on any atom is 0.0809 e. The van der Waals surface area contributed by atoms with Crippen molar-refractivity contribution in [2.24, 2.45) is 5.84 Å². The van der Waals surface area contributed by atoms with Crippen molar-refractivity contribution in [1.29, 1.82) is 0 Å². The largest absolute Gasteiger partial charge is 0.271 e. The highest BCUT2D eigenvalue weighted by Crippen LogP contribution is 2.09. The smallest absolute Gasteiger partial charge is 0.0809 e. The predicted octanol–water partition coefficient (Wildman–Crippen LogP) is 1.08. The average molecular weight is 163 g/mol. The van der Waals surface area contributed by atoms with Crippen LogP contribution in [0.15, 0.2) is 30.9 Å². The van der Waals surface area contributed by atoms with Crippen LogP contribution in [-0.2, 0) is 0 Å². The van der Waals surface area contributed by atoms with Gasteiger partial charge in [-0.25, -0.2) is 5.43 Å². The minimum atomic E-state index is -0.0649. The number of hydrazine groups is 1. The van der Waals surface area contributed by atoms with Crippen LogP contribution in [0.5, 0.6) is 0 Å². The Morgan fingerprint density at radius 1 is 1.67 bits per heavy atom. The molecule has 0 aliphatic rings. The second kappa shape index (κ2) is 3.99. The summed E-state index contributed by atoms with van der Waals surface area (Å²) >= 11 is 0. The zero-order valence-electron chi connectivity index (χ0n) is 7.12. The van der Waals surface area contributed by atoms with Gasteiger partial charge >= 0.3 is 0 Å². The van der Waals surface area contributed by atoms with E-state index in [-0.39, 0.29) is 6.04 Å². The standard InChI is InChI=1S/C9H13N3/c1-3-8(12-10)9-6-4-5-7(2)11-9/h3-6,8,12H,1,10H2,2H3. The van der Waals surface area contributed by atoms with Crippen LogP contribution in [0.3, 0.4) is 0 Å². The van der Waals surface area contributed by atoms with Gasteiger partial charge in [-0.3, -0.25) is 10.8 Å². The summed E-state index contributed by atoms with van der Waals surface area (Å²) in [5.74, 6) is 5.30. The Morgan fingerprint density at radius 2 is 2.42 bits per heavy atom. The van der Waals surface area contributed by atoms with Gasteiger partial charge in [0.1, 0.15) is 0 Å². The lowest BCUT2D eigenvalue weighted by Gasteiger charge is -2.10. The zero-order chi connectivity index (χ0) is 8.97. The monoisotopic (exact) mass is 163 g/mol. The molecule has 64 valence electrons. The highest BCUT2D eigenvalue weighted by molar-refractivity contribution is 5.16. The third-order valence-corrected chi connectivity index (χ3v) is 1.64. The number of hydrogen-bond donors (Lipinski definition) is 2. The lowest BCUT2D eigenvalue weighted by molar-refractivity contribution is 0.638. The molecule has 0 aliphatic heterocycles. The van der Waals surface area contributed by atoms with Gasteiger partial charge in [0, 0.05) is 5.69 Å². The Labute approximate surface area is 72.3 Å². The molecule has 0 radical (unpaired) electrons. The van der Waals surface area contributed by atoms with E-state index >= 15 is 0 Å². The quantitative estimate of drug-likeness (QED) is 0.398. The van der Waals surface area contributed by atoms with Crippen molar-refractivity contribution in [3.05, 3.63) is 42.2 Å². The molecule has 0 saturated carbocycles. The van der Waals surface area contributed by atoms with Crippen molar-refractivity contribution in [2.45, 2.75) is 13.0 Å². The van der Waals surface area contributed by atoms with E-state index in [0.717, 1.165) is 11.4 Å². The molecule has 0 fully saturated rings. The van der Waals surface area contributed by atoms with Crippen LogP contribution < -0.4 is 11.3 Å². The lowest BCUT2D eigenvalue weighted by Crippen LogP contribution is -2.27. The Kier molecular flexibility index (Phi) is 2.96. The number of nitrogens with zero attached hydrogens (tertiary/aromatic N) is 1. The molecule has 3 N–H and O–H groups in total. The van der Waals surface area contributed by atoms with Gasteiger partial charge < -0.3 is 0 Å². The SMILES string of the molecule is C=CC(NN)c1cccc(C)n1. The maximum atomic E-state index is 5.30. The Morgan fingerprint density at radius 3 is 2.92 bits per heavy atom. The molecule has 1 heterocycles. The third-order valence-electron chi connectivity index (χ3n) is 1.64. The fraction of sp³-hybridized carbons (Fsp3) is 0.222. The van der Waals surface area contributed by atoms with E-state index in [1.54, 1.807) is 6.08 Å². The molecule has 0 aliphatic carbocycles. The number of nitrogens with one attached hydrogen (secondary N) is 1. The summed E-state index contributed by atoms with van der Waals surface area (Å²) in [5.41, 5.74) is 4.49. The van der Waals surface area contributed by atoms with Crippen LogP contribution in [-0.4, -0.2) is 4.98 Å². The van der Waals surface area contributed by atoms with Crippen molar-refractivity contribution in [3.63, 3.8) is 0 Å². The normalized spacial score (nSPS) is 12.5. The third kappa shape index (κ3) is 1.90. The Bertz CT molecular complexity index is 270. The number of aryl methyl sites for hydroxylation is 1. The van der Waals surface area contributed by atoms with Gasteiger partial charge in [0.15, 0.2) is 0 Å². The molecule has 1 unspecified atom stereocenters. The first kappa shape index (κ1) is 8.90. The summed E-state index contributed by atoms with van der Waals surface area (Å²) in [4.78, 5) is 4.30. The van der Waals surface area contributed by atoms with Crippen LogP contribution >= 0.6 is 0 Å². The van der Waals surface area contributed by atoms with Crippen molar-refractivity contribution >= 4 is 0 Å². The van der Waals surface area contributed by atoms with Crippen LogP contribution in [0.25, 0.3) is 0 Å². The Balaban J connectivity index is 2.93. The van der Waals surface area contributed by atoms with Gasteiger partial charge in [-0.05, 0) is 19.1 Å². The molecule has 3 heteroatoms.